The van der Waals surface area contributed by atoms with E-state index in [0.717, 1.165) is 41.0 Å². The van der Waals surface area contributed by atoms with Gasteiger partial charge in [0.25, 0.3) is 11.2 Å². The average Bonchev–Trinajstić information content (AvgIpc) is 3.34. The molecule has 6 heterocycles. The lowest BCUT2D eigenvalue weighted by molar-refractivity contribution is -0.384. The summed E-state index contributed by atoms with van der Waals surface area (Å²) in [6, 6.07) is 18.8. The van der Waals surface area contributed by atoms with Gasteiger partial charge in [-0.05, 0) is 54.5 Å². The number of fused-ring (bicyclic) bond motifs is 11. The number of carbonyl (C=O) groups excluding carboxylic acids is 1. The first-order valence-corrected chi connectivity index (χ1v) is 14.1. The van der Waals surface area contributed by atoms with Gasteiger partial charge in [0.15, 0.2) is 0 Å². The number of H-pyrrole nitrogens is 1. The summed E-state index contributed by atoms with van der Waals surface area (Å²) in [5, 5.41) is 12.9. The second-order valence-electron chi connectivity index (χ2n) is 11.8. The van der Waals surface area contributed by atoms with Crippen molar-refractivity contribution in [1.29, 1.82) is 0 Å². The molecule has 1 fully saturated rings. The van der Waals surface area contributed by atoms with E-state index in [-0.39, 0.29) is 45.9 Å². The van der Waals surface area contributed by atoms with Crippen LogP contribution in [0.4, 0.5) is 11.4 Å². The zero-order valence-electron chi connectivity index (χ0n) is 22.0. The third-order valence-electron chi connectivity index (χ3n) is 9.71. The van der Waals surface area contributed by atoms with Crippen LogP contribution >= 0.6 is 0 Å². The van der Waals surface area contributed by atoms with Crippen LogP contribution in [-0.4, -0.2) is 44.4 Å². The molecular formula is C31H29N5O4. The minimum absolute atomic E-state index is 0.0118. The number of aromatic amines is 1. The Kier molecular flexibility index (Phi) is 5.02. The fourth-order valence-electron chi connectivity index (χ4n) is 8.05. The Hall–Kier alpha value is -4.40. The first kappa shape index (κ1) is 23.5. The number of carbonyl (C=O) groups is 1. The van der Waals surface area contributed by atoms with E-state index in [1.165, 1.54) is 10.9 Å². The van der Waals surface area contributed by atoms with Gasteiger partial charge in [-0.2, -0.15) is 0 Å². The molecule has 0 radical (unpaired) electrons. The molecule has 0 spiro atoms. The lowest BCUT2D eigenvalue weighted by atomic mass is 9.69. The van der Waals surface area contributed by atoms with Crippen molar-refractivity contribution in [3.63, 3.8) is 0 Å². The monoisotopic (exact) mass is 535 g/mol. The van der Waals surface area contributed by atoms with Crippen LogP contribution in [0, 0.1) is 22.0 Å². The smallest absolute Gasteiger partial charge is 0.269 e. The molecule has 8 rings (SSSR count). The number of nitrogens with zero attached hydrogens (tertiary/aromatic N) is 4. The van der Waals surface area contributed by atoms with E-state index in [4.69, 9.17) is 0 Å². The molecule has 202 valence electrons. The van der Waals surface area contributed by atoms with Gasteiger partial charge in [-0.25, -0.2) is 0 Å². The predicted molar refractivity (Wildman–Crippen MR) is 150 cm³/mol. The van der Waals surface area contributed by atoms with Crippen molar-refractivity contribution in [2.24, 2.45) is 11.8 Å². The van der Waals surface area contributed by atoms with Gasteiger partial charge in [0.2, 0.25) is 5.91 Å². The van der Waals surface area contributed by atoms with Crippen LogP contribution in [0.2, 0.25) is 0 Å². The Balaban J connectivity index is 1.19. The number of para-hydroxylation sites is 1. The van der Waals surface area contributed by atoms with Crippen molar-refractivity contribution in [3.8, 4) is 0 Å². The van der Waals surface area contributed by atoms with E-state index in [1.54, 1.807) is 18.2 Å². The maximum absolute atomic E-state index is 14.4. The predicted octanol–water partition coefficient (Wildman–Crippen LogP) is 3.99. The molecule has 4 atom stereocenters. The summed E-state index contributed by atoms with van der Waals surface area (Å²) in [5.41, 5.74) is 6.42. The summed E-state index contributed by atoms with van der Waals surface area (Å²) in [4.78, 5) is 46.3. The van der Waals surface area contributed by atoms with Crippen LogP contribution in [0.3, 0.4) is 0 Å². The van der Waals surface area contributed by atoms with E-state index < -0.39 is 0 Å². The lowest BCUT2D eigenvalue weighted by Crippen LogP contribution is -2.61. The number of nitro groups is 1. The number of rotatable bonds is 2. The highest BCUT2D eigenvalue weighted by Crippen LogP contribution is 2.48. The van der Waals surface area contributed by atoms with Gasteiger partial charge in [-0.1, -0.05) is 24.3 Å². The summed E-state index contributed by atoms with van der Waals surface area (Å²) in [6.45, 7) is 2.45. The lowest BCUT2D eigenvalue weighted by Gasteiger charge is -2.54. The fraction of sp³-hybridized carbons (Fsp3) is 0.355. The highest BCUT2D eigenvalue weighted by molar-refractivity contribution is 5.87. The van der Waals surface area contributed by atoms with Crippen LogP contribution in [0.5, 0.6) is 0 Å². The summed E-state index contributed by atoms with van der Waals surface area (Å²) in [5.74, 6) is 0.0650. The third kappa shape index (κ3) is 3.39. The molecule has 1 amide bonds. The first-order chi connectivity index (χ1) is 19.5. The Morgan fingerprint density at radius 1 is 1.05 bits per heavy atom. The fourth-order valence-corrected chi connectivity index (χ4v) is 8.05. The molecule has 2 aromatic carbocycles. The van der Waals surface area contributed by atoms with Crippen molar-refractivity contribution in [3.05, 3.63) is 104 Å². The minimum atomic E-state index is -0.362. The second-order valence-corrected chi connectivity index (χ2v) is 11.8. The molecule has 0 unspecified atom stereocenters. The molecule has 2 aromatic heterocycles. The highest BCUT2D eigenvalue weighted by atomic mass is 16.6. The van der Waals surface area contributed by atoms with Gasteiger partial charge in [-0.15, -0.1) is 0 Å². The summed E-state index contributed by atoms with van der Waals surface area (Å²) < 4.78 is 1.90. The number of piperidine rings is 1. The van der Waals surface area contributed by atoms with Gasteiger partial charge >= 0.3 is 0 Å². The van der Waals surface area contributed by atoms with Crippen LogP contribution in [0.25, 0.3) is 10.9 Å². The molecule has 4 aliphatic rings. The topological polar surface area (TPSA) is 104 Å². The van der Waals surface area contributed by atoms with Crippen molar-refractivity contribution in [2.45, 2.75) is 44.3 Å². The first-order valence-electron chi connectivity index (χ1n) is 14.1. The van der Waals surface area contributed by atoms with Crippen LogP contribution in [0.15, 0.2) is 65.5 Å². The SMILES string of the molecule is O=C([C@@H]1Cc2cc([N+](=O)[O-])ccc2N2C[C@@H]3C[C@H](Cn4c3cccc4=O)[C@@H]12)N1CCc2c([nH]c3ccccc23)C1. The van der Waals surface area contributed by atoms with E-state index in [9.17, 15) is 19.7 Å². The second kappa shape index (κ2) is 8.55. The number of non-ortho nitro benzene ring substituents is 1. The number of hydrogen-bond donors (Lipinski definition) is 1. The molecule has 9 nitrogen and oxygen atoms in total. The molecule has 4 aromatic rings. The molecule has 40 heavy (non-hydrogen) atoms. The van der Waals surface area contributed by atoms with Crippen LogP contribution < -0.4 is 10.5 Å². The maximum Gasteiger partial charge on any atom is 0.269 e. The molecular weight excluding hydrogens is 506 g/mol. The molecule has 1 saturated heterocycles. The van der Waals surface area contributed by atoms with Gasteiger partial charge in [0, 0.05) is 77.8 Å². The summed E-state index contributed by atoms with van der Waals surface area (Å²) in [7, 11) is 0. The van der Waals surface area contributed by atoms with E-state index in [0.29, 0.717) is 32.6 Å². The van der Waals surface area contributed by atoms with Crippen LogP contribution in [0.1, 0.15) is 34.9 Å². The number of benzene rings is 2. The number of hydrogen-bond acceptors (Lipinski definition) is 5. The van der Waals surface area contributed by atoms with Gasteiger partial charge < -0.3 is 19.4 Å². The number of amides is 1. The van der Waals surface area contributed by atoms with Crippen LogP contribution in [-0.2, 0) is 30.7 Å². The Morgan fingerprint density at radius 3 is 2.80 bits per heavy atom. The van der Waals surface area contributed by atoms with Crippen molar-refractivity contribution < 1.29 is 9.72 Å². The highest BCUT2D eigenvalue weighted by Gasteiger charge is 2.50. The quantitative estimate of drug-likeness (QED) is 0.309. The van der Waals surface area contributed by atoms with E-state index >= 15 is 0 Å². The Morgan fingerprint density at radius 2 is 1.93 bits per heavy atom. The number of nitro benzene ring substituents is 1. The largest absolute Gasteiger partial charge is 0.366 e. The normalized spacial score (nSPS) is 24.6. The van der Waals surface area contributed by atoms with Gasteiger partial charge in [0.1, 0.15) is 0 Å². The number of nitrogens with one attached hydrogen (secondary N) is 1. The minimum Gasteiger partial charge on any atom is -0.366 e. The van der Waals surface area contributed by atoms with Crippen molar-refractivity contribution in [1.82, 2.24) is 14.5 Å². The molecule has 4 aliphatic heterocycles. The van der Waals surface area contributed by atoms with Gasteiger partial charge in [-0.3, -0.25) is 19.7 Å². The van der Waals surface area contributed by atoms with E-state index in [2.05, 4.69) is 22.0 Å². The van der Waals surface area contributed by atoms with Gasteiger partial charge in [0.05, 0.1) is 17.4 Å². The summed E-state index contributed by atoms with van der Waals surface area (Å²) >= 11 is 0. The Labute approximate surface area is 230 Å². The number of pyridine rings is 1. The number of anilines is 1. The molecule has 0 aliphatic carbocycles. The average molecular weight is 536 g/mol. The maximum atomic E-state index is 14.4. The molecule has 9 heteroatoms. The zero-order valence-corrected chi connectivity index (χ0v) is 22.0. The number of aromatic nitrogens is 2. The molecule has 0 saturated carbocycles. The standard InChI is InChI=1S/C31H29N5O4/c37-29-7-3-6-27-19-12-20(16-34(27)29)30-24(14-18-13-21(36(39)40)8-9-28(18)35(30)15-19)31(38)33-11-10-23-22-4-1-2-5-25(22)32-26(23)17-33/h1-9,13,19-20,24,30,32H,10-12,14-17H2/t19-,20+,24+,30-/m0/s1. The van der Waals surface area contributed by atoms with E-state index in [1.807, 2.05) is 39.8 Å². The third-order valence-corrected chi connectivity index (χ3v) is 9.71. The zero-order chi connectivity index (χ0) is 27.1. The molecule has 2 bridgehead atoms. The molecule has 1 N–H and O–H groups in total. The van der Waals surface area contributed by atoms with Crippen molar-refractivity contribution >= 4 is 28.2 Å². The van der Waals surface area contributed by atoms with Crippen molar-refractivity contribution in [2.75, 3.05) is 18.0 Å². The Bertz CT molecular complexity index is 1770. The summed E-state index contributed by atoms with van der Waals surface area (Å²) in [6.07, 6.45) is 2.19.